The van der Waals surface area contributed by atoms with Crippen molar-refractivity contribution in [2.45, 2.75) is 38.6 Å². The maximum absolute atomic E-state index is 3.71. The van der Waals surface area contributed by atoms with Crippen molar-refractivity contribution >= 4 is 0 Å². The van der Waals surface area contributed by atoms with E-state index < -0.39 is 0 Å². The maximum Gasteiger partial charge on any atom is 0.0438 e. The van der Waals surface area contributed by atoms with Crippen LogP contribution in [-0.2, 0) is 6.42 Å². The fraction of sp³-hybridized carbons (Fsp3) is 0.375. The second-order valence-electron chi connectivity index (χ2n) is 4.22. The van der Waals surface area contributed by atoms with E-state index in [-0.39, 0.29) is 0 Å². The molecule has 1 nitrogen and oxygen atoms in total. The molecule has 0 saturated carbocycles. The van der Waals surface area contributed by atoms with Crippen LogP contribution in [0.2, 0.25) is 0 Å². The van der Waals surface area contributed by atoms with Crippen LogP contribution in [-0.4, -0.2) is 6.04 Å². The molecule has 0 aliphatic carbocycles. The number of rotatable bonds is 8. The lowest BCUT2D eigenvalue weighted by molar-refractivity contribution is 0.626. The average Bonchev–Trinajstić information content (AvgIpc) is 2.36. The molecular weight excluding hydrogens is 206 g/mol. The number of hydrogen-bond donors (Lipinski definition) is 1. The van der Waals surface area contributed by atoms with Crippen LogP contribution in [0.5, 0.6) is 0 Å². The van der Waals surface area contributed by atoms with Crippen molar-refractivity contribution < 1.29 is 0 Å². The Balaban J connectivity index is 2.30. The van der Waals surface area contributed by atoms with E-state index in [2.05, 4.69) is 61.3 Å². The molecule has 0 radical (unpaired) electrons. The lowest BCUT2D eigenvalue weighted by atomic mass is 10.1. The quantitative estimate of drug-likeness (QED) is 0.662. The first kappa shape index (κ1) is 13.6. The minimum Gasteiger partial charge on any atom is -0.385 e. The van der Waals surface area contributed by atoms with Gasteiger partial charge in [-0.05, 0) is 31.0 Å². The number of allylic oxidation sites excluding steroid dienone is 1. The standard InChI is InChI=1S/C16H23N/c1-3-10-16(17-4-2)14-9-8-13-15-11-6-5-7-12-15/h4-7,9,11-12,14,16-17H,2-3,8,10,13H2,1H3/b14-9+. The summed E-state index contributed by atoms with van der Waals surface area (Å²) in [4.78, 5) is 0. The minimum atomic E-state index is 0.438. The summed E-state index contributed by atoms with van der Waals surface area (Å²) in [6.45, 7) is 5.92. The highest BCUT2D eigenvalue weighted by Crippen LogP contribution is 2.04. The highest BCUT2D eigenvalue weighted by molar-refractivity contribution is 5.15. The van der Waals surface area contributed by atoms with Crippen molar-refractivity contribution in [1.29, 1.82) is 0 Å². The van der Waals surface area contributed by atoms with Crippen LogP contribution in [0.1, 0.15) is 31.7 Å². The van der Waals surface area contributed by atoms with Crippen molar-refractivity contribution in [2.75, 3.05) is 0 Å². The van der Waals surface area contributed by atoms with Gasteiger partial charge >= 0.3 is 0 Å². The third kappa shape index (κ3) is 5.96. The molecule has 0 spiro atoms. The van der Waals surface area contributed by atoms with Gasteiger partial charge in [-0.1, -0.05) is 62.4 Å². The van der Waals surface area contributed by atoms with Gasteiger partial charge in [0.25, 0.3) is 0 Å². The molecule has 1 N–H and O–H groups in total. The Bertz CT molecular complexity index is 327. The van der Waals surface area contributed by atoms with Crippen LogP contribution in [0.3, 0.4) is 0 Å². The summed E-state index contributed by atoms with van der Waals surface area (Å²) in [5.41, 5.74) is 1.40. The van der Waals surface area contributed by atoms with Crippen LogP contribution in [0, 0.1) is 0 Å². The predicted molar refractivity (Wildman–Crippen MR) is 75.9 cm³/mol. The smallest absolute Gasteiger partial charge is 0.0438 e. The molecule has 0 fully saturated rings. The first-order valence-corrected chi connectivity index (χ1v) is 6.44. The molecule has 0 heterocycles. The third-order valence-corrected chi connectivity index (χ3v) is 2.74. The molecule has 0 aliphatic heterocycles. The summed E-state index contributed by atoms with van der Waals surface area (Å²) < 4.78 is 0. The van der Waals surface area contributed by atoms with Crippen molar-refractivity contribution in [3.63, 3.8) is 0 Å². The lowest BCUT2D eigenvalue weighted by Gasteiger charge is -2.11. The molecule has 1 atom stereocenters. The first-order chi connectivity index (χ1) is 8.36. The Morgan fingerprint density at radius 3 is 2.71 bits per heavy atom. The van der Waals surface area contributed by atoms with E-state index in [1.54, 1.807) is 6.20 Å². The Hall–Kier alpha value is -1.50. The van der Waals surface area contributed by atoms with Crippen LogP contribution < -0.4 is 5.32 Å². The average molecular weight is 229 g/mol. The zero-order chi connectivity index (χ0) is 12.3. The van der Waals surface area contributed by atoms with Gasteiger partial charge in [0.15, 0.2) is 0 Å². The van der Waals surface area contributed by atoms with Gasteiger partial charge in [-0.15, -0.1) is 0 Å². The number of hydrogen-bond acceptors (Lipinski definition) is 1. The fourth-order valence-electron chi connectivity index (χ4n) is 1.85. The highest BCUT2D eigenvalue weighted by atomic mass is 14.9. The van der Waals surface area contributed by atoms with Crippen molar-refractivity contribution in [3.05, 3.63) is 60.8 Å². The molecule has 1 heteroatoms. The van der Waals surface area contributed by atoms with E-state index in [4.69, 9.17) is 0 Å². The van der Waals surface area contributed by atoms with Gasteiger partial charge in [0.05, 0.1) is 0 Å². The number of benzene rings is 1. The maximum atomic E-state index is 3.71. The molecule has 92 valence electrons. The summed E-state index contributed by atoms with van der Waals surface area (Å²) in [7, 11) is 0. The first-order valence-electron chi connectivity index (χ1n) is 6.44. The van der Waals surface area contributed by atoms with Crippen molar-refractivity contribution in [1.82, 2.24) is 5.32 Å². The molecule has 1 unspecified atom stereocenters. The molecule has 17 heavy (non-hydrogen) atoms. The van der Waals surface area contributed by atoms with E-state index in [1.165, 1.54) is 12.0 Å². The second kappa shape index (κ2) is 8.63. The zero-order valence-electron chi connectivity index (χ0n) is 10.7. The zero-order valence-corrected chi connectivity index (χ0v) is 10.7. The van der Waals surface area contributed by atoms with Gasteiger partial charge < -0.3 is 5.32 Å². The molecule has 1 rings (SSSR count). The van der Waals surface area contributed by atoms with Gasteiger partial charge in [-0.25, -0.2) is 0 Å². The van der Waals surface area contributed by atoms with Gasteiger partial charge in [0.2, 0.25) is 0 Å². The summed E-state index contributed by atoms with van der Waals surface area (Å²) in [6.07, 6.45) is 10.9. The van der Waals surface area contributed by atoms with Crippen LogP contribution in [0.15, 0.2) is 55.3 Å². The fourth-order valence-corrected chi connectivity index (χ4v) is 1.85. The Morgan fingerprint density at radius 1 is 1.29 bits per heavy atom. The van der Waals surface area contributed by atoms with E-state index in [0.717, 1.165) is 19.3 Å². The Morgan fingerprint density at radius 2 is 2.06 bits per heavy atom. The summed E-state index contributed by atoms with van der Waals surface area (Å²) in [5, 5.41) is 3.26. The summed E-state index contributed by atoms with van der Waals surface area (Å²) in [6, 6.07) is 11.0. The molecule has 0 saturated heterocycles. The van der Waals surface area contributed by atoms with Crippen LogP contribution in [0.4, 0.5) is 0 Å². The molecular formula is C16H23N. The molecule has 1 aromatic carbocycles. The number of aryl methyl sites for hydroxylation is 1. The summed E-state index contributed by atoms with van der Waals surface area (Å²) >= 11 is 0. The third-order valence-electron chi connectivity index (χ3n) is 2.74. The van der Waals surface area contributed by atoms with Crippen LogP contribution in [0.25, 0.3) is 0 Å². The van der Waals surface area contributed by atoms with Gasteiger partial charge in [-0.2, -0.15) is 0 Å². The monoisotopic (exact) mass is 229 g/mol. The Labute approximate surface area is 105 Å². The number of nitrogens with one attached hydrogen (secondary N) is 1. The SMILES string of the molecule is C=CNC(/C=C/CCc1ccccc1)CCC. The molecule has 0 amide bonds. The van der Waals surface area contributed by atoms with E-state index in [9.17, 15) is 0 Å². The minimum absolute atomic E-state index is 0.438. The van der Waals surface area contributed by atoms with Crippen LogP contribution >= 0.6 is 0 Å². The molecule has 0 aromatic heterocycles. The lowest BCUT2D eigenvalue weighted by Crippen LogP contribution is -2.20. The van der Waals surface area contributed by atoms with Gasteiger partial charge in [0.1, 0.15) is 0 Å². The van der Waals surface area contributed by atoms with Crippen molar-refractivity contribution in [2.24, 2.45) is 0 Å². The molecule has 0 bridgehead atoms. The second-order valence-corrected chi connectivity index (χ2v) is 4.22. The normalized spacial score (nSPS) is 12.5. The van der Waals surface area contributed by atoms with Gasteiger partial charge in [-0.3, -0.25) is 0 Å². The van der Waals surface area contributed by atoms with E-state index >= 15 is 0 Å². The highest BCUT2D eigenvalue weighted by Gasteiger charge is 1.98. The summed E-state index contributed by atoms with van der Waals surface area (Å²) in [5.74, 6) is 0. The van der Waals surface area contributed by atoms with E-state index in [1.807, 2.05) is 0 Å². The largest absolute Gasteiger partial charge is 0.385 e. The van der Waals surface area contributed by atoms with Crippen molar-refractivity contribution in [3.8, 4) is 0 Å². The molecule has 1 aromatic rings. The Kier molecular flexibility index (Phi) is 6.89. The molecule has 0 aliphatic rings. The van der Waals surface area contributed by atoms with E-state index in [0.29, 0.717) is 6.04 Å². The van der Waals surface area contributed by atoms with Gasteiger partial charge in [0, 0.05) is 6.04 Å². The predicted octanol–water partition coefficient (Wildman–Crippen LogP) is 4.08. The topological polar surface area (TPSA) is 12.0 Å².